The molecule has 2 aromatic rings. The number of nitrogens with one attached hydrogen (secondary N) is 1. The van der Waals surface area contributed by atoms with Crippen LogP contribution in [0, 0.1) is 0 Å². The lowest BCUT2D eigenvalue weighted by Crippen LogP contribution is -2.38. The van der Waals surface area contributed by atoms with Gasteiger partial charge in [-0.05, 0) is 39.4 Å². The predicted octanol–water partition coefficient (Wildman–Crippen LogP) is 3.63. The molecular formula is C16H24N2OS. The molecule has 0 fully saturated rings. The minimum absolute atomic E-state index is 0.0960. The van der Waals surface area contributed by atoms with E-state index in [0.29, 0.717) is 12.6 Å². The standard InChI is InChI=1S/C16H24N2OS/c1-5-17-12(11-19-16(2,3)4)10-15-18-13-8-6-7-9-14(13)20-15/h6-9,12,17H,5,10-11H2,1-4H3. The number of ether oxygens (including phenoxy) is 1. The Bertz CT molecular complexity index is 512. The maximum Gasteiger partial charge on any atom is 0.0955 e. The van der Waals surface area contributed by atoms with Gasteiger partial charge in [0.05, 0.1) is 27.4 Å². The topological polar surface area (TPSA) is 34.1 Å². The summed E-state index contributed by atoms with van der Waals surface area (Å²) < 4.78 is 7.16. The number of thiazole rings is 1. The Kier molecular flexibility index (Phi) is 5.13. The van der Waals surface area contributed by atoms with Crippen molar-refractivity contribution in [2.45, 2.75) is 45.8 Å². The van der Waals surface area contributed by atoms with Crippen molar-refractivity contribution in [1.29, 1.82) is 0 Å². The smallest absolute Gasteiger partial charge is 0.0955 e. The zero-order chi connectivity index (χ0) is 14.6. The van der Waals surface area contributed by atoms with Gasteiger partial charge in [-0.3, -0.25) is 0 Å². The largest absolute Gasteiger partial charge is 0.374 e. The first-order valence-electron chi connectivity index (χ1n) is 7.19. The summed E-state index contributed by atoms with van der Waals surface area (Å²) in [7, 11) is 0. The first-order chi connectivity index (χ1) is 9.48. The minimum atomic E-state index is -0.0960. The second kappa shape index (κ2) is 6.66. The first kappa shape index (κ1) is 15.4. The number of rotatable bonds is 6. The number of nitrogens with zero attached hydrogens (tertiary/aromatic N) is 1. The van der Waals surface area contributed by atoms with Crippen molar-refractivity contribution in [1.82, 2.24) is 10.3 Å². The van der Waals surface area contributed by atoms with Gasteiger partial charge in [0.25, 0.3) is 0 Å². The van der Waals surface area contributed by atoms with Crippen molar-refractivity contribution < 1.29 is 4.74 Å². The maximum absolute atomic E-state index is 5.90. The average molecular weight is 292 g/mol. The monoisotopic (exact) mass is 292 g/mol. The number of fused-ring (bicyclic) bond motifs is 1. The number of benzene rings is 1. The molecule has 1 aromatic carbocycles. The summed E-state index contributed by atoms with van der Waals surface area (Å²) in [6, 6.07) is 8.62. The lowest BCUT2D eigenvalue weighted by atomic mass is 10.1. The van der Waals surface area contributed by atoms with Crippen LogP contribution in [0.3, 0.4) is 0 Å². The van der Waals surface area contributed by atoms with Crippen molar-refractivity contribution in [3.63, 3.8) is 0 Å². The molecule has 1 unspecified atom stereocenters. The van der Waals surface area contributed by atoms with Crippen LogP contribution >= 0.6 is 11.3 Å². The number of hydrogen-bond donors (Lipinski definition) is 1. The van der Waals surface area contributed by atoms with E-state index in [1.54, 1.807) is 11.3 Å². The number of hydrogen-bond acceptors (Lipinski definition) is 4. The van der Waals surface area contributed by atoms with E-state index in [4.69, 9.17) is 9.72 Å². The Morgan fingerprint density at radius 1 is 1.30 bits per heavy atom. The number of aromatic nitrogens is 1. The molecule has 110 valence electrons. The molecule has 1 heterocycles. The van der Waals surface area contributed by atoms with Crippen molar-refractivity contribution in [3.05, 3.63) is 29.3 Å². The van der Waals surface area contributed by atoms with Gasteiger partial charge < -0.3 is 10.1 Å². The highest BCUT2D eigenvalue weighted by atomic mass is 32.1. The van der Waals surface area contributed by atoms with Gasteiger partial charge in [0.1, 0.15) is 0 Å². The molecule has 0 radical (unpaired) electrons. The zero-order valence-corrected chi connectivity index (χ0v) is 13.6. The lowest BCUT2D eigenvalue weighted by molar-refractivity contribution is -0.0141. The van der Waals surface area contributed by atoms with Gasteiger partial charge in [-0.1, -0.05) is 19.1 Å². The summed E-state index contributed by atoms with van der Waals surface area (Å²) in [5.41, 5.74) is 1.00. The summed E-state index contributed by atoms with van der Waals surface area (Å²) in [5.74, 6) is 0. The molecule has 0 saturated carbocycles. The van der Waals surface area contributed by atoms with Gasteiger partial charge in [0.15, 0.2) is 0 Å². The van der Waals surface area contributed by atoms with E-state index in [1.807, 2.05) is 6.07 Å². The van der Waals surface area contributed by atoms with E-state index in [-0.39, 0.29) is 5.60 Å². The predicted molar refractivity (Wildman–Crippen MR) is 86.5 cm³/mol. The van der Waals surface area contributed by atoms with Crippen LogP contribution in [-0.2, 0) is 11.2 Å². The minimum Gasteiger partial charge on any atom is -0.374 e. The molecule has 0 amide bonds. The molecule has 1 N–H and O–H groups in total. The molecule has 1 aromatic heterocycles. The highest BCUT2D eigenvalue weighted by Crippen LogP contribution is 2.22. The van der Waals surface area contributed by atoms with Crippen LogP contribution < -0.4 is 5.32 Å². The van der Waals surface area contributed by atoms with Gasteiger partial charge in [0, 0.05) is 12.5 Å². The fourth-order valence-electron chi connectivity index (χ4n) is 2.05. The van der Waals surface area contributed by atoms with Crippen LogP contribution in [0.5, 0.6) is 0 Å². The highest BCUT2D eigenvalue weighted by Gasteiger charge is 2.16. The van der Waals surface area contributed by atoms with Crippen LogP contribution in [0.1, 0.15) is 32.7 Å². The van der Waals surface area contributed by atoms with Crippen molar-refractivity contribution >= 4 is 21.6 Å². The quantitative estimate of drug-likeness (QED) is 0.883. The summed E-state index contributed by atoms with van der Waals surface area (Å²) in [5, 5.41) is 4.67. The van der Waals surface area contributed by atoms with Gasteiger partial charge in [0.2, 0.25) is 0 Å². The van der Waals surface area contributed by atoms with Gasteiger partial charge in [-0.15, -0.1) is 11.3 Å². The van der Waals surface area contributed by atoms with E-state index in [9.17, 15) is 0 Å². The molecule has 2 rings (SSSR count). The van der Waals surface area contributed by atoms with Crippen LogP contribution in [0.4, 0.5) is 0 Å². The van der Waals surface area contributed by atoms with E-state index >= 15 is 0 Å². The summed E-state index contributed by atoms with van der Waals surface area (Å²) in [6.07, 6.45) is 0.920. The average Bonchev–Trinajstić information content (AvgIpc) is 2.77. The zero-order valence-electron chi connectivity index (χ0n) is 12.8. The Balaban J connectivity index is 2.03. The molecule has 1 atom stereocenters. The molecule has 0 aliphatic heterocycles. The molecule has 20 heavy (non-hydrogen) atoms. The van der Waals surface area contributed by atoms with Crippen molar-refractivity contribution in [2.75, 3.05) is 13.2 Å². The fourth-order valence-corrected chi connectivity index (χ4v) is 3.09. The van der Waals surface area contributed by atoms with Crippen LogP contribution in [0.25, 0.3) is 10.2 Å². The number of likely N-dealkylation sites (N-methyl/N-ethyl adjacent to an activating group) is 1. The molecule has 0 aliphatic rings. The Hall–Kier alpha value is -0.970. The molecule has 0 spiro atoms. The highest BCUT2D eigenvalue weighted by molar-refractivity contribution is 7.18. The molecule has 4 heteroatoms. The summed E-state index contributed by atoms with van der Waals surface area (Å²) >= 11 is 1.78. The maximum atomic E-state index is 5.90. The van der Waals surface area contributed by atoms with E-state index in [1.165, 1.54) is 9.71 Å². The Morgan fingerprint density at radius 3 is 2.70 bits per heavy atom. The van der Waals surface area contributed by atoms with Gasteiger partial charge in [-0.2, -0.15) is 0 Å². The molecular weight excluding hydrogens is 268 g/mol. The normalized spacial score (nSPS) is 13.8. The third-order valence-electron chi connectivity index (χ3n) is 2.97. The van der Waals surface area contributed by atoms with Gasteiger partial charge >= 0.3 is 0 Å². The molecule has 3 nitrogen and oxygen atoms in total. The molecule has 0 aliphatic carbocycles. The summed E-state index contributed by atoms with van der Waals surface area (Å²) in [6.45, 7) is 10.1. The van der Waals surface area contributed by atoms with Crippen LogP contribution in [0.15, 0.2) is 24.3 Å². The summed E-state index contributed by atoms with van der Waals surface area (Å²) in [4.78, 5) is 4.70. The van der Waals surface area contributed by atoms with Crippen LogP contribution in [0.2, 0.25) is 0 Å². The SMILES string of the molecule is CCNC(COC(C)(C)C)Cc1nc2ccccc2s1. The number of para-hydroxylation sites is 1. The second-order valence-corrected chi connectivity index (χ2v) is 7.07. The first-order valence-corrected chi connectivity index (χ1v) is 8.01. The second-order valence-electron chi connectivity index (χ2n) is 5.96. The Labute approximate surface area is 125 Å². The Morgan fingerprint density at radius 2 is 2.05 bits per heavy atom. The van der Waals surface area contributed by atoms with E-state index < -0.39 is 0 Å². The fraction of sp³-hybridized carbons (Fsp3) is 0.562. The van der Waals surface area contributed by atoms with E-state index in [0.717, 1.165) is 18.5 Å². The van der Waals surface area contributed by atoms with Gasteiger partial charge in [-0.25, -0.2) is 4.98 Å². The van der Waals surface area contributed by atoms with Crippen molar-refractivity contribution in [2.24, 2.45) is 0 Å². The lowest BCUT2D eigenvalue weighted by Gasteiger charge is -2.24. The van der Waals surface area contributed by atoms with Crippen LogP contribution in [-0.4, -0.2) is 29.8 Å². The molecule has 0 saturated heterocycles. The van der Waals surface area contributed by atoms with E-state index in [2.05, 4.69) is 51.2 Å². The molecule has 0 bridgehead atoms. The third kappa shape index (κ3) is 4.54. The third-order valence-corrected chi connectivity index (χ3v) is 4.03. The van der Waals surface area contributed by atoms with Crippen molar-refractivity contribution in [3.8, 4) is 0 Å².